The Kier molecular flexibility index (Phi) is 2.26. The molecule has 3 aromatic rings. The van der Waals surface area contributed by atoms with Crippen molar-refractivity contribution in [3.05, 3.63) is 48.7 Å². The molecule has 0 atom stereocenters. The fourth-order valence-corrected chi connectivity index (χ4v) is 1.77. The topological polar surface area (TPSA) is 80.4 Å². The van der Waals surface area contributed by atoms with Gasteiger partial charge in [-0.1, -0.05) is 6.07 Å². The number of aromatic carboxylic acids is 1. The first-order chi connectivity index (χ1) is 8.77. The Hall–Kier alpha value is -2.76. The molecule has 1 N–H and O–H groups in total. The summed E-state index contributed by atoms with van der Waals surface area (Å²) in [6, 6.07) is 6.99. The Morgan fingerprint density at radius 3 is 2.83 bits per heavy atom. The summed E-state index contributed by atoms with van der Waals surface area (Å²) >= 11 is 0. The van der Waals surface area contributed by atoms with Gasteiger partial charge < -0.3 is 5.11 Å². The van der Waals surface area contributed by atoms with Gasteiger partial charge in [-0.15, -0.1) is 0 Å². The second kappa shape index (κ2) is 3.92. The lowest BCUT2D eigenvalue weighted by Gasteiger charge is -1.98. The molecule has 0 aromatic carbocycles. The highest BCUT2D eigenvalue weighted by Crippen LogP contribution is 2.20. The van der Waals surface area contributed by atoms with E-state index in [2.05, 4.69) is 15.0 Å². The number of imidazole rings is 1. The molecule has 0 saturated heterocycles. The Morgan fingerprint density at radius 1 is 1.22 bits per heavy atom. The molecule has 0 spiro atoms. The van der Waals surface area contributed by atoms with Gasteiger partial charge in [0.15, 0.2) is 11.5 Å². The van der Waals surface area contributed by atoms with Crippen LogP contribution in [-0.4, -0.2) is 30.4 Å². The minimum absolute atomic E-state index is 0.00180. The lowest BCUT2D eigenvalue weighted by Crippen LogP contribution is -1.97. The summed E-state index contributed by atoms with van der Waals surface area (Å²) in [5, 5.41) is 9.13. The van der Waals surface area contributed by atoms with Crippen molar-refractivity contribution in [2.45, 2.75) is 0 Å². The Morgan fingerprint density at radius 2 is 2.11 bits per heavy atom. The van der Waals surface area contributed by atoms with Crippen LogP contribution in [0.15, 0.2) is 43.0 Å². The van der Waals surface area contributed by atoms with Gasteiger partial charge in [-0.3, -0.25) is 9.38 Å². The summed E-state index contributed by atoms with van der Waals surface area (Å²) < 4.78 is 1.62. The number of hydrogen-bond acceptors (Lipinski definition) is 4. The van der Waals surface area contributed by atoms with Gasteiger partial charge in [0.1, 0.15) is 12.0 Å². The Bertz CT molecular complexity index is 721. The van der Waals surface area contributed by atoms with Crippen LogP contribution >= 0.6 is 0 Å². The van der Waals surface area contributed by atoms with Gasteiger partial charge in [-0.2, -0.15) is 0 Å². The van der Waals surface area contributed by atoms with E-state index in [0.717, 1.165) is 0 Å². The molecule has 3 heterocycles. The average molecular weight is 240 g/mol. The fraction of sp³-hybridized carbons (Fsp3) is 0. The van der Waals surface area contributed by atoms with Crippen LogP contribution < -0.4 is 0 Å². The zero-order valence-electron chi connectivity index (χ0n) is 9.19. The van der Waals surface area contributed by atoms with Crippen LogP contribution in [0.1, 0.15) is 10.5 Å². The predicted molar refractivity (Wildman–Crippen MR) is 63.2 cm³/mol. The van der Waals surface area contributed by atoms with Crippen LogP contribution in [0.3, 0.4) is 0 Å². The van der Waals surface area contributed by atoms with Crippen LogP contribution in [0, 0.1) is 0 Å². The van der Waals surface area contributed by atoms with Crippen molar-refractivity contribution < 1.29 is 9.90 Å². The van der Waals surface area contributed by atoms with Crippen molar-refractivity contribution in [3.8, 4) is 11.5 Å². The molecule has 0 aliphatic heterocycles. The zero-order chi connectivity index (χ0) is 12.5. The van der Waals surface area contributed by atoms with E-state index in [9.17, 15) is 4.79 Å². The molecule has 0 aliphatic carbocycles. The summed E-state index contributed by atoms with van der Waals surface area (Å²) in [7, 11) is 0. The van der Waals surface area contributed by atoms with Gasteiger partial charge in [0.05, 0.1) is 5.52 Å². The Labute approximate surface area is 102 Å². The van der Waals surface area contributed by atoms with E-state index in [4.69, 9.17) is 5.11 Å². The zero-order valence-corrected chi connectivity index (χ0v) is 9.19. The highest BCUT2D eigenvalue weighted by atomic mass is 16.4. The van der Waals surface area contributed by atoms with Gasteiger partial charge in [0, 0.05) is 12.4 Å². The van der Waals surface area contributed by atoms with Crippen LogP contribution in [0.5, 0.6) is 0 Å². The van der Waals surface area contributed by atoms with Crippen molar-refractivity contribution in [2.24, 2.45) is 0 Å². The second-order valence-corrected chi connectivity index (χ2v) is 3.64. The number of pyridine rings is 1. The summed E-state index contributed by atoms with van der Waals surface area (Å²) in [5.41, 5.74) is 1.10. The molecule has 6 nitrogen and oxygen atoms in total. The van der Waals surface area contributed by atoms with Crippen LogP contribution in [0.4, 0.5) is 0 Å². The third kappa shape index (κ3) is 1.51. The van der Waals surface area contributed by atoms with Crippen molar-refractivity contribution >= 4 is 11.5 Å². The van der Waals surface area contributed by atoms with Crippen molar-refractivity contribution in [1.29, 1.82) is 0 Å². The van der Waals surface area contributed by atoms with Crippen molar-refractivity contribution in [3.63, 3.8) is 0 Å². The first-order valence-electron chi connectivity index (χ1n) is 5.24. The monoisotopic (exact) mass is 240 g/mol. The van der Waals surface area contributed by atoms with Crippen LogP contribution in [0.25, 0.3) is 17.0 Å². The molecule has 3 aromatic heterocycles. The lowest BCUT2D eigenvalue weighted by molar-refractivity contribution is 0.0693. The maximum atomic E-state index is 11.1. The van der Waals surface area contributed by atoms with Crippen molar-refractivity contribution in [1.82, 2.24) is 19.4 Å². The predicted octanol–water partition coefficient (Wildman–Crippen LogP) is 1.49. The SMILES string of the molecule is O=C(O)c1nc(-c2ccccn2)n2cnccc12. The molecule has 18 heavy (non-hydrogen) atoms. The highest BCUT2D eigenvalue weighted by Gasteiger charge is 2.17. The standard InChI is InChI=1S/C12H8N4O2/c17-12(18)10-9-4-6-13-7-16(9)11(15-10)8-3-1-2-5-14-8/h1-7H,(H,17,18). The third-order valence-corrected chi connectivity index (χ3v) is 2.55. The van der Waals surface area contributed by atoms with Gasteiger partial charge >= 0.3 is 5.97 Å². The number of aromatic nitrogens is 4. The van der Waals surface area contributed by atoms with Gasteiger partial charge in [0.2, 0.25) is 0 Å². The van der Waals surface area contributed by atoms with E-state index in [-0.39, 0.29) is 5.69 Å². The largest absolute Gasteiger partial charge is 0.476 e. The van der Waals surface area contributed by atoms with Crippen LogP contribution in [0.2, 0.25) is 0 Å². The summed E-state index contributed by atoms with van der Waals surface area (Å²) in [4.78, 5) is 23.4. The smallest absolute Gasteiger partial charge is 0.356 e. The minimum atomic E-state index is -1.07. The number of fused-ring (bicyclic) bond motifs is 1. The highest BCUT2D eigenvalue weighted by molar-refractivity contribution is 5.94. The molecule has 0 radical (unpaired) electrons. The molecule has 0 unspecified atom stereocenters. The molecule has 0 saturated carbocycles. The molecule has 0 fully saturated rings. The van der Waals surface area contributed by atoms with E-state index in [1.165, 1.54) is 12.5 Å². The number of carbonyl (C=O) groups is 1. The van der Waals surface area contributed by atoms with Gasteiger partial charge in [-0.05, 0) is 18.2 Å². The molecule has 3 rings (SSSR count). The molecule has 0 bridgehead atoms. The van der Waals surface area contributed by atoms with E-state index in [1.54, 1.807) is 28.8 Å². The molecule has 88 valence electrons. The van der Waals surface area contributed by atoms with Crippen LogP contribution in [-0.2, 0) is 0 Å². The third-order valence-electron chi connectivity index (χ3n) is 2.55. The number of carboxylic acid groups (broad SMARTS) is 1. The van der Waals surface area contributed by atoms with Gasteiger partial charge in [-0.25, -0.2) is 14.8 Å². The average Bonchev–Trinajstić information content (AvgIpc) is 2.79. The summed E-state index contributed by atoms with van der Waals surface area (Å²) in [6.07, 6.45) is 4.69. The number of carboxylic acids is 1. The first kappa shape index (κ1) is 10.4. The normalized spacial score (nSPS) is 10.7. The van der Waals surface area contributed by atoms with Crippen molar-refractivity contribution in [2.75, 3.05) is 0 Å². The second-order valence-electron chi connectivity index (χ2n) is 3.64. The quantitative estimate of drug-likeness (QED) is 0.734. The van der Waals surface area contributed by atoms with E-state index in [1.807, 2.05) is 6.07 Å². The van der Waals surface area contributed by atoms with E-state index < -0.39 is 5.97 Å². The van der Waals surface area contributed by atoms with E-state index >= 15 is 0 Å². The summed E-state index contributed by atoms with van der Waals surface area (Å²) in [6.45, 7) is 0. The number of rotatable bonds is 2. The summed E-state index contributed by atoms with van der Waals surface area (Å²) in [5.74, 6) is -0.600. The molecule has 6 heteroatoms. The molecular formula is C12H8N4O2. The lowest BCUT2D eigenvalue weighted by atomic mass is 10.3. The fourth-order valence-electron chi connectivity index (χ4n) is 1.77. The molecular weight excluding hydrogens is 232 g/mol. The van der Waals surface area contributed by atoms with Gasteiger partial charge in [0.25, 0.3) is 0 Å². The minimum Gasteiger partial charge on any atom is -0.476 e. The van der Waals surface area contributed by atoms with E-state index in [0.29, 0.717) is 17.0 Å². The maximum absolute atomic E-state index is 11.1. The number of hydrogen-bond donors (Lipinski definition) is 1. The molecule has 0 aliphatic rings. The maximum Gasteiger partial charge on any atom is 0.356 e. The number of nitrogens with zero attached hydrogens (tertiary/aromatic N) is 4. The first-order valence-corrected chi connectivity index (χ1v) is 5.24. The Balaban J connectivity index is 2.34. The molecule has 0 amide bonds.